The first-order valence-electron chi connectivity index (χ1n) is 6.36. The van der Waals surface area contributed by atoms with E-state index in [0.717, 1.165) is 16.3 Å². The van der Waals surface area contributed by atoms with Gasteiger partial charge in [0.05, 0.1) is 5.02 Å². The Morgan fingerprint density at radius 1 is 1.00 bits per heavy atom. The fourth-order valence-electron chi connectivity index (χ4n) is 2.29. The lowest BCUT2D eigenvalue weighted by molar-refractivity contribution is 0.0988. The van der Waals surface area contributed by atoms with E-state index in [0.29, 0.717) is 17.1 Å². The molecule has 0 aliphatic rings. The number of pyridine rings is 1. The average Bonchev–Trinajstić information content (AvgIpc) is 2.48. The number of hydrogen-bond donors (Lipinski definition) is 0. The van der Waals surface area contributed by atoms with Gasteiger partial charge in [0.25, 0.3) is 0 Å². The molecule has 0 N–H and O–H groups in total. The molecule has 0 aliphatic carbocycles. The molecule has 0 aliphatic heterocycles. The van der Waals surface area contributed by atoms with Gasteiger partial charge in [-0.2, -0.15) is 0 Å². The minimum absolute atomic E-state index is 0.0630. The van der Waals surface area contributed by atoms with Gasteiger partial charge < -0.3 is 0 Å². The molecule has 2 aromatic carbocycles. The Morgan fingerprint density at radius 2 is 1.80 bits per heavy atom. The molecule has 0 spiro atoms. The fraction of sp³-hybridized carbons (Fsp3) is 0.0588. The van der Waals surface area contributed by atoms with Crippen LogP contribution in [0.1, 0.15) is 16.1 Å². The van der Waals surface area contributed by atoms with Crippen LogP contribution in [0, 0.1) is 0 Å². The van der Waals surface area contributed by atoms with E-state index in [1.54, 1.807) is 18.3 Å². The minimum Gasteiger partial charge on any atom is -0.292 e. The molecule has 0 saturated heterocycles. The second-order valence-electron chi connectivity index (χ2n) is 4.57. The Bertz CT molecular complexity index is 777. The van der Waals surface area contributed by atoms with Crippen LogP contribution in [0.2, 0.25) is 5.02 Å². The maximum absolute atomic E-state index is 12.3. The highest BCUT2D eigenvalue weighted by molar-refractivity contribution is 6.33. The van der Waals surface area contributed by atoms with Gasteiger partial charge in [-0.25, -0.2) is 0 Å². The lowest BCUT2D eigenvalue weighted by Gasteiger charge is -2.06. The zero-order chi connectivity index (χ0) is 13.9. The Hall–Kier alpha value is -2.19. The summed E-state index contributed by atoms with van der Waals surface area (Å²) in [5, 5.41) is 2.62. The normalized spacial score (nSPS) is 10.7. The largest absolute Gasteiger partial charge is 0.292 e. The molecule has 0 saturated carbocycles. The van der Waals surface area contributed by atoms with Crippen LogP contribution in [0.4, 0.5) is 0 Å². The van der Waals surface area contributed by atoms with Gasteiger partial charge in [0, 0.05) is 12.6 Å². The van der Waals surface area contributed by atoms with Crippen LogP contribution in [0.15, 0.2) is 60.8 Å². The van der Waals surface area contributed by atoms with Crippen molar-refractivity contribution in [2.45, 2.75) is 6.42 Å². The molecule has 0 unspecified atom stereocenters. The van der Waals surface area contributed by atoms with Crippen molar-refractivity contribution >= 4 is 28.2 Å². The van der Waals surface area contributed by atoms with E-state index in [-0.39, 0.29) is 5.78 Å². The van der Waals surface area contributed by atoms with Gasteiger partial charge in [-0.15, -0.1) is 0 Å². The number of hydrogen-bond acceptors (Lipinski definition) is 2. The number of nitrogens with zero attached hydrogens (tertiary/aromatic N) is 1. The summed E-state index contributed by atoms with van der Waals surface area (Å²) in [6.45, 7) is 0. The van der Waals surface area contributed by atoms with Crippen LogP contribution in [-0.4, -0.2) is 10.8 Å². The first kappa shape index (κ1) is 12.8. The van der Waals surface area contributed by atoms with Crippen LogP contribution in [0.5, 0.6) is 0 Å². The SMILES string of the molecule is O=C(Cc1cccc2ccccc12)c1ncccc1Cl. The van der Waals surface area contributed by atoms with E-state index in [2.05, 4.69) is 4.98 Å². The third-order valence-corrected chi connectivity index (χ3v) is 3.56. The van der Waals surface area contributed by atoms with E-state index in [9.17, 15) is 4.79 Å². The Labute approximate surface area is 122 Å². The molecule has 20 heavy (non-hydrogen) atoms. The van der Waals surface area contributed by atoms with Crippen LogP contribution < -0.4 is 0 Å². The van der Waals surface area contributed by atoms with Gasteiger partial charge in [0.2, 0.25) is 0 Å². The van der Waals surface area contributed by atoms with Crippen molar-refractivity contribution in [1.82, 2.24) is 4.98 Å². The summed E-state index contributed by atoms with van der Waals surface area (Å²) < 4.78 is 0. The number of ketones is 1. The summed E-state index contributed by atoms with van der Waals surface area (Å²) in [4.78, 5) is 16.4. The molecule has 1 heterocycles. The summed E-state index contributed by atoms with van der Waals surface area (Å²) in [5.74, 6) is -0.0630. The predicted molar refractivity (Wildman–Crippen MR) is 81.2 cm³/mol. The zero-order valence-electron chi connectivity index (χ0n) is 10.7. The van der Waals surface area contributed by atoms with Crippen molar-refractivity contribution < 1.29 is 4.79 Å². The molecule has 2 nitrogen and oxygen atoms in total. The summed E-state index contributed by atoms with van der Waals surface area (Å²) in [5.41, 5.74) is 1.33. The number of Topliss-reactive ketones (excluding diaryl/α,β-unsaturated/α-hetero) is 1. The van der Waals surface area contributed by atoms with Gasteiger partial charge in [0.1, 0.15) is 5.69 Å². The summed E-state index contributed by atoms with van der Waals surface area (Å²) >= 11 is 6.02. The molecule has 1 aromatic heterocycles. The fourth-order valence-corrected chi connectivity index (χ4v) is 2.52. The molecule has 98 valence electrons. The van der Waals surface area contributed by atoms with Gasteiger partial charge in [-0.1, -0.05) is 54.1 Å². The van der Waals surface area contributed by atoms with Gasteiger partial charge in [-0.05, 0) is 28.5 Å². The van der Waals surface area contributed by atoms with Crippen LogP contribution in [-0.2, 0) is 6.42 Å². The number of rotatable bonds is 3. The number of aromatic nitrogens is 1. The molecular formula is C17H12ClNO. The zero-order valence-corrected chi connectivity index (χ0v) is 11.5. The van der Waals surface area contributed by atoms with Crippen LogP contribution in [0.3, 0.4) is 0 Å². The number of carbonyl (C=O) groups excluding carboxylic acids is 1. The summed E-state index contributed by atoms with van der Waals surface area (Å²) in [6.07, 6.45) is 1.89. The lowest BCUT2D eigenvalue weighted by Crippen LogP contribution is -2.07. The molecular weight excluding hydrogens is 270 g/mol. The highest BCUT2D eigenvalue weighted by Crippen LogP contribution is 2.21. The Morgan fingerprint density at radius 3 is 2.65 bits per heavy atom. The van der Waals surface area contributed by atoms with E-state index in [1.807, 2.05) is 42.5 Å². The van der Waals surface area contributed by atoms with E-state index in [1.165, 1.54) is 0 Å². The van der Waals surface area contributed by atoms with Crippen molar-refractivity contribution in [1.29, 1.82) is 0 Å². The third kappa shape index (κ3) is 2.43. The Balaban J connectivity index is 1.98. The molecule has 0 amide bonds. The van der Waals surface area contributed by atoms with Crippen molar-refractivity contribution in [3.8, 4) is 0 Å². The van der Waals surface area contributed by atoms with E-state index in [4.69, 9.17) is 11.6 Å². The molecule has 3 aromatic rings. The van der Waals surface area contributed by atoms with Gasteiger partial charge in [0.15, 0.2) is 5.78 Å². The molecule has 0 radical (unpaired) electrons. The number of carbonyl (C=O) groups is 1. The number of halogens is 1. The maximum atomic E-state index is 12.3. The van der Waals surface area contributed by atoms with Crippen molar-refractivity contribution in [3.05, 3.63) is 77.1 Å². The van der Waals surface area contributed by atoms with Crippen molar-refractivity contribution in [2.75, 3.05) is 0 Å². The average molecular weight is 282 g/mol. The molecule has 3 rings (SSSR count). The highest BCUT2D eigenvalue weighted by atomic mass is 35.5. The number of fused-ring (bicyclic) bond motifs is 1. The minimum atomic E-state index is -0.0630. The molecule has 3 heteroatoms. The summed E-state index contributed by atoms with van der Waals surface area (Å²) in [6, 6.07) is 17.4. The topological polar surface area (TPSA) is 30.0 Å². The summed E-state index contributed by atoms with van der Waals surface area (Å²) in [7, 11) is 0. The van der Waals surface area contributed by atoms with E-state index >= 15 is 0 Å². The molecule has 0 fully saturated rings. The van der Waals surface area contributed by atoms with Crippen molar-refractivity contribution in [3.63, 3.8) is 0 Å². The second-order valence-corrected chi connectivity index (χ2v) is 4.98. The smallest absolute Gasteiger partial charge is 0.187 e. The van der Waals surface area contributed by atoms with E-state index < -0.39 is 0 Å². The first-order chi connectivity index (χ1) is 9.75. The lowest BCUT2D eigenvalue weighted by atomic mass is 9.99. The maximum Gasteiger partial charge on any atom is 0.187 e. The van der Waals surface area contributed by atoms with Gasteiger partial charge in [-0.3, -0.25) is 9.78 Å². The van der Waals surface area contributed by atoms with Crippen molar-refractivity contribution in [2.24, 2.45) is 0 Å². The Kier molecular flexibility index (Phi) is 3.48. The first-order valence-corrected chi connectivity index (χ1v) is 6.74. The molecule has 0 atom stereocenters. The highest BCUT2D eigenvalue weighted by Gasteiger charge is 2.13. The van der Waals surface area contributed by atoms with Crippen LogP contribution in [0.25, 0.3) is 10.8 Å². The predicted octanol–water partition coefficient (Wildman–Crippen LogP) is 4.31. The number of benzene rings is 2. The molecule has 0 bridgehead atoms. The third-order valence-electron chi connectivity index (χ3n) is 3.25. The second kappa shape index (κ2) is 5.43. The van der Waals surface area contributed by atoms with Crippen LogP contribution >= 0.6 is 11.6 Å². The standard InChI is InChI=1S/C17H12ClNO/c18-15-9-4-10-19-17(15)16(20)11-13-7-3-6-12-5-1-2-8-14(12)13/h1-10H,11H2. The quantitative estimate of drug-likeness (QED) is 0.670. The van der Waals surface area contributed by atoms with Gasteiger partial charge >= 0.3 is 0 Å². The monoisotopic (exact) mass is 281 g/mol.